The van der Waals surface area contributed by atoms with Crippen LogP contribution >= 0.6 is 23.4 Å². The fourth-order valence-corrected chi connectivity index (χ4v) is 2.01. The largest absolute Gasteiger partial charge is 0.381 e. The Morgan fingerprint density at radius 1 is 1.19 bits per heavy atom. The lowest BCUT2D eigenvalue weighted by molar-refractivity contribution is 1.07. The molecule has 2 aromatic heterocycles. The molecule has 2 heterocycles. The quantitative estimate of drug-likeness (QED) is 0.671. The molecule has 0 aliphatic carbocycles. The van der Waals surface area contributed by atoms with Gasteiger partial charge in [0.15, 0.2) is 5.82 Å². The van der Waals surface area contributed by atoms with E-state index in [1.807, 2.05) is 6.07 Å². The Bertz CT molecular complexity index is 475. The molecule has 2 rings (SSSR count). The molecule has 0 aliphatic heterocycles. The molecular formula is C10H9ClN4S. The second kappa shape index (κ2) is 5.14. The first kappa shape index (κ1) is 11.2. The van der Waals surface area contributed by atoms with E-state index >= 15 is 0 Å². The van der Waals surface area contributed by atoms with Crippen molar-refractivity contribution in [1.29, 1.82) is 0 Å². The van der Waals surface area contributed by atoms with Crippen molar-refractivity contribution in [2.45, 2.75) is 10.8 Å². The van der Waals surface area contributed by atoms with E-state index in [4.69, 9.17) is 17.3 Å². The SMILES string of the molecule is Nc1nccnc1SCc1ccc(Cl)nc1. The van der Waals surface area contributed by atoms with Crippen molar-refractivity contribution in [2.24, 2.45) is 0 Å². The van der Waals surface area contributed by atoms with Gasteiger partial charge in [0.25, 0.3) is 0 Å². The average Bonchev–Trinajstić information content (AvgIpc) is 2.30. The number of halogens is 1. The lowest BCUT2D eigenvalue weighted by Gasteiger charge is -2.02. The van der Waals surface area contributed by atoms with Crippen LogP contribution in [0.3, 0.4) is 0 Å². The Morgan fingerprint density at radius 2 is 2.00 bits per heavy atom. The van der Waals surface area contributed by atoms with Crippen LogP contribution in [0.1, 0.15) is 5.56 Å². The molecule has 2 N–H and O–H groups in total. The molecule has 0 amide bonds. The van der Waals surface area contributed by atoms with Gasteiger partial charge < -0.3 is 5.73 Å². The molecule has 16 heavy (non-hydrogen) atoms. The van der Waals surface area contributed by atoms with Crippen molar-refractivity contribution in [3.63, 3.8) is 0 Å². The van der Waals surface area contributed by atoms with E-state index in [-0.39, 0.29) is 0 Å². The van der Waals surface area contributed by atoms with Crippen molar-refractivity contribution in [1.82, 2.24) is 15.0 Å². The predicted molar refractivity (Wildman–Crippen MR) is 65.3 cm³/mol. The third-order valence-electron chi connectivity index (χ3n) is 1.86. The standard InChI is InChI=1S/C10H9ClN4S/c11-8-2-1-7(5-15-8)6-16-10-9(12)13-3-4-14-10/h1-5H,6H2,(H2,12,13). The molecule has 0 bridgehead atoms. The summed E-state index contributed by atoms with van der Waals surface area (Å²) in [6.07, 6.45) is 4.93. The van der Waals surface area contributed by atoms with Crippen LogP contribution in [0, 0.1) is 0 Å². The number of nitrogens with zero attached hydrogens (tertiary/aromatic N) is 3. The van der Waals surface area contributed by atoms with Gasteiger partial charge in [-0.1, -0.05) is 29.4 Å². The summed E-state index contributed by atoms with van der Waals surface area (Å²) in [5.74, 6) is 1.20. The van der Waals surface area contributed by atoms with Gasteiger partial charge in [-0.25, -0.2) is 15.0 Å². The highest BCUT2D eigenvalue weighted by Crippen LogP contribution is 2.23. The Kier molecular flexibility index (Phi) is 3.58. The van der Waals surface area contributed by atoms with Gasteiger partial charge in [-0.05, 0) is 11.6 Å². The Balaban J connectivity index is 2.02. The summed E-state index contributed by atoms with van der Waals surface area (Å²) in [4.78, 5) is 12.1. The summed E-state index contributed by atoms with van der Waals surface area (Å²) in [5, 5.41) is 1.23. The highest BCUT2D eigenvalue weighted by atomic mass is 35.5. The minimum absolute atomic E-state index is 0.453. The summed E-state index contributed by atoms with van der Waals surface area (Å²) < 4.78 is 0. The fraction of sp³-hybridized carbons (Fsp3) is 0.100. The Morgan fingerprint density at radius 3 is 2.69 bits per heavy atom. The van der Waals surface area contributed by atoms with Gasteiger partial charge in [0.2, 0.25) is 0 Å². The summed E-state index contributed by atoms with van der Waals surface area (Å²) in [6, 6.07) is 3.69. The molecule has 82 valence electrons. The smallest absolute Gasteiger partial charge is 0.156 e. The minimum Gasteiger partial charge on any atom is -0.381 e. The molecule has 0 fully saturated rings. The fourth-order valence-electron chi connectivity index (χ4n) is 1.09. The van der Waals surface area contributed by atoms with Crippen LogP contribution in [0.5, 0.6) is 0 Å². The van der Waals surface area contributed by atoms with E-state index in [1.54, 1.807) is 24.7 Å². The second-order valence-corrected chi connectivity index (χ2v) is 4.38. The first-order valence-corrected chi connectivity index (χ1v) is 5.92. The molecule has 0 aliphatic rings. The summed E-state index contributed by atoms with van der Waals surface area (Å²) in [7, 11) is 0. The maximum atomic E-state index is 5.69. The summed E-state index contributed by atoms with van der Waals surface area (Å²) in [6.45, 7) is 0. The van der Waals surface area contributed by atoms with E-state index in [0.29, 0.717) is 11.0 Å². The third kappa shape index (κ3) is 2.84. The first-order chi connectivity index (χ1) is 7.75. The number of nitrogen functional groups attached to an aromatic ring is 1. The monoisotopic (exact) mass is 252 g/mol. The molecule has 0 spiro atoms. The average molecular weight is 253 g/mol. The van der Waals surface area contributed by atoms with E-state index < -0.39 is 0 Å². The zero-order chi connectivity index (χ0) is 11.4. The Labute approximate surface area is 102 Å². The number of rotatable bonds is 3. The van der Waals surface area contributed by atoms with Gasteiger partial charge in [-0.2, -0.15) is 0 Å². The van der Waals surface area contributed by atoms with Gasteiger partial charge in [-0.3, -0.25) is 0 Å². The molecule has 6 heteroatoms. The van der Waals surface area contributed by atoms with Crippen LogP contribution < -0.4 is 5.73 Å². The highest BCUT2D eigenvalue weighted by molar-refractivity contribution is 7.98. The van der Waals surface area contributed by atoms with Crippen molar-refractivity contribution < 1.29 is 0 Å². The van der Waals surface area contributed by atoms with E-state index in [2.05, 4.69) is 15.0 Å². The molecule has 0 atom stereocenters. The molecule has 0 unspecified atom stereocenters. The van der Waals surface area contributed by atoms with Gasteiger partial charge >= 0.3 is 0 Å². The van der Waals surface area contributed by atoms with Crippen LogP contribution in [0.15, 0.2) is 35.7 Å². The number of pyridine rings is 1. The van der Waals surface area contributed by atoms with Crippen molar-refractivity contribution in [3.05, 3.63) is 41.4 Å². The lowest BCUT2D eigenvalue weighted by atomic mass is 10.3. The zero-order valence-electron chi connectivity index (χ0n) is 8.30. The highest BCUT2D eigenvalue weighted by Gasteiger charge is 2.02. The van der Waals surface area contributed by atoms with Crippen LogP contribution in [0.2, 0.25) is 5.15 Å². The number of hydrogen-bond donors (Lipinski definition) is 1. The number of nitrogens with two attached hydrogens (primary N) is 1. The van der Waals surface area contributed by atoms with Gasteiger partial charge in [0, 0.05) is 24.3 Å². The zero-order valence-corrected chi connectivity index (χ0v) is 9.87. The number of hydrogen-bond acceptors (Lipinski definition) is 5. The third-order valence-corrected chi connectivity index (χ3v) is 3.14. The van der Waals surface area contributed by atoms with Crippen LogP contribution in [0.4, 0.5) is 5.82 Å². The molecule has 0 saturated heterocycles. The molecule has 0 radical (unpaired) electrons. The summed E-state index contributed by atoms with van der Waals surface area (Å²) >= 11 is 7.22. The number of aromatic nitrogens is 3. The van der Waals surface area contributed by atoms with Gasteiger partial charge in [0.05, 0.1) is 0 Å². The predicted octanol–water partition coefficient (Wildman–Crippen LogP) is 2.40. The molecular weight excluding hydrogens is 244 g/mol. The van der Waals surface area contributed by atoms with Gasteiger partial charge in [-0.15, -0.1) is 0 Å². The van der Waals surface area contributed by atoms with Crippen molar-refractivity contribution in [2.75, 3.05) is 5.73 Å². The number of thioether (sulfide) groups is 1. The van der Waals surface area contributed by atoms with E-state index in [1.165, 1.54) is 11.8 Å². The Hall–Kier alpha value is -1.33. The first-order valence-electron chi connectivity index (χ1n) is 4.55. The molecule has 4 nitrogen and oxygen atoms in total. The van der Waals surface area contributed by atoms with Crippen LogP contribution in [-0.2, 0) is 5.75 Å². The maximum absolute atomic E-state index is 5.69. The van der Waals surface area contributed by atoms with Gasteiger partial charge in [0.1, 0.15) is 10.2 Å². The van der Waals surface area contributed by atoms with Crippen LogP contribution in [0.25, 0.3) is 0 Å². The second-order valence-electron chi connectivity index (χ2n) is 3.02. The lowest BCUT2D eigenvalue weighted by Crippen LogP contribution is -1.95. The van der Waals surface area contributed by atoms with Crippen molar-refractivity contribution >= 4 is 29.2 Å². The topological polar surface area (TPSA) is 64.7 Å². The molecule has 0 aromatic carbocycles. The normalized spacial score (nSPS) is 10.3. The van der Waals surface area contributed by atoms with Crippen molar-refractivity contribution in [3.8, 4) is 0 Å². The molecule has 0 saturated carbocycles. The summed E-state index contributed by atoms with van der Waals surface area (Å²) in [5.41, 5.74) is 6.75. The maximum Gasteiger partial charge on any atom is 0.156 e. The minimum atomic E-state index is 0.453. The molecule has 2 aromatic rings. The van der Waals surface area contributed by atoms with E-state index in [9.17, 15) is 0 Å². The van der Waals surface area contributed by atoms with Crippen LogP contribution in [-0.4, -0.2) is 15.0 Å². The van der Waals surface area contributed by atoms with E-state index in [0.717, 1.165) is 16.3 Å². The number of anilines is 1.